The van der Waals surface area contributed by atoms with Crippen molar-refractivity contribution in [3.8, 4) is 5.75 Å². The first-order valence-corrected chi connectivity index (χ1v) is 9.71. The Morgan fingerprint density at radius 3 is 2.97 bits per heavy atom. The Hall–Kier alpha value is -3.61. The summed E-state index contributed by atoms with van der Waals surface area (Å²) >= 11 is 0. The third-order valence-electron chi connectivity index (χ3n) is 4.58. The first-order valence-electron chi connectivity index (χ1n) is 9.71. The van der Waals surface area contributed by atoms with Gasteiger partial charge in [-0.05, 0) is 36.8 Å². The van der Waals surface area contributed by atoms with Gasteiger partial charge in [-0.3, -0.25) is 4.79 Å². The number of unbranched alkanes of at least 4 members (excludes halogenated alkanes) is 1. The Bertz CT molecular complexity index is 1080. The minimum atomic E-state index is -0.193. The van der Waals surface area contributed by atoms with E-state index in [1.54, 1.807) is 24.4 Å². The number of aryl methyl sites for hydroxylation is 1. The van der Waals surface area contributed by atoms with Gasteiger partial charge in [-0.15, -0.1) is 0 Å². The van der Waals surface area contributed by atoms with Crippen LogP contribution in [-0.4, -0.2) is 25.1 Å². The SMILES string of the molecule is CCCCn1nccc1NC(=O)c1cccc(OCc2cn3ccccc3n2)c1. The molecule has 0 atom stereocenters. The summed E-state index contributed by atoms with van der Waals surface area (Å²) in [6.45, 7) is 3.23. The molecule has 7 nitrogen and oxygen atoms in total. The lowest BCUT2D eigenvalue weighted by Gasteiger charge is -2.10. The predicted molar refractivity (Wildman–Crippen MR) is 111 cm³/mol. The number of aromatic nitrogens is 4. The molecule has 0 aliphatic rings. The second-order valence-corrected chi connectivity index (χ2v) is 6.76. The number of ether oxygens (including phenoxy) is 1. The van der Waals surface area contributed by atoms with E-state index in [1.807, 2.05) is 51.8 Å². The number of nitrogens with zero attached hydrogens (tertiary/aromatic N) is 4. The Morgan fingerprint density at radius 2 is 2.10 bits per heavy atom. The van der Waals surface area contributed by atoms with Crippen LogP contribution in [0.3, 0.4) is 0 Å². The predicted octanol–water partition coefficient (Wildman–Crippen LogP) is 4.16. The molecule has 0 aliphatic heterocycles. The minimum absolute atomic E-state index is 0.193. The molecule has 7 heteroatoms. The second kappa shape index (κ2) is 8.60. The topological polar surface area (TPSA) is 73.5 Å². The van der Waals surface area contributed by atoms with Crippen LogP contribution < -0.4 is 10.1 Å². The van der Waals surface area contributed by atoms with Crippen molar-refractivity contribution in [3.05, 3.63) is 78.4 Å². The zero-order chi connectivity index (χ0) is 20.1. The van der Waals surface area contributed by atoms with E-state index in [4.69, 9.17) is 4.74 Å². The quantitative estimate of drug-likeness (QED) is 0.491. The van der Waals surface area contributed by atoms with E-state index in [0.717, 1.165) is 30.7 Å². The summed E-state index contributed by atoms with van der Waals surface area (Å²) < 4.78 is 9.61. The minimum Gasteiger partial charge on any atom is -0.487 e. The van der Waals surface area contributed by atoms with E-state index in [9.17, 15) is 4.79 Å². The highest BCUT2D eigenvalue weighted by Crippen LogP contribution is 2.17. The van der Waals surface area contributed by atoms with Crippen LogP contribution in [-0.2, 0) is 13.2 Å². The Morgan fingerprint density at radius 1 is 1.17 bits per heavy atom. The molecule has 0 spiro atoms. The van der Waals surface area contributed by atoms with Crippen LogP contribution >= 0.6 is 0 Å². The Kier molecular flexibility index (Phi) is 5.56. The first-order chi connectivity index (χ1) is 14.2. The summed E-state index contributed by atoms with van der Waals surface area (Å²) in [5, 5.41) is 7.19. The van der Waals surface area contributed by atoms with Gasteiger partial charge < -0.3 is 14.5 Å². The number of carbonyl (C=O) groups is 1. The van der Waals surface area contributed by atoms with Crippen LogP contribution in [0.15, 0.2) is 67.1 Å². The monoisotopic (exact) mass is 389 g/mol. The molecule has 29 heavy (non-hydrogen) atoms. The molecule has 1 amide bonds. The molecule has 148 valence electrons. The lowest BCUT2D eigenvalue weighted by atomic mass is 10.2. The molecule has 0 saturated carbocycles. The fourth-order valence-corrected chi connectivity index (χ4v) is 3.05. The van der Waals surface area contributed by atoms with Crippen LogP contribution in [0.5, 0.6) is 5.75 Å². The number of hydrogen-bond acceptors (Lipinski definition) is 4. The number of imidazole rings is 1. The van der Waals surface area contributed by atoms with Gasteiger partial charge >= 0.3 is 0 Å². The number of anilines is 1. The van der Waals surface area contributed by atoms with Gasteiger partial charge in [0.25, 0.3) is 5.91 Å². The van der Waals surface area contributed by atoms with E-state index in [2.05, 4.69) is 22.3 Å². The lowest BCUT2D eigenvalue weighted by Crippen LogP contribution is -2.16. The fourth-order valence-electron chi connectivity index (χ4n) is 3.05. The smallest absolute Gasteiger partial charge is 0.256 e. The normalized spacial score (nSPS) is 10.9. The third-order valence-corrected chi connectivity index (χ3v) is 4.58. The highest BCUT2D eigenvalue weighted by Gasteiger charge is 2.11. The zero-order valence-electron chi connectivity index (χ0n) is 16.3. The van der Waals surface area contributed by atoms with Crippen molar-refractivity contribution in [2.45, 2.75) is 32.9 Å². The largest absolute Gasteiger partial charge is 0.487 e. The number of amides is 1. The molecule has 0 radical (unpaired) electrons. The maximum Gasteiger partial charge on any atom is 0.256 e. The molecule has 1 aromatic carbocycles. The van der Waals surface area contributed by atoms with Gasteiger partial charge in [-0.1, -0.05) is 25.5 Å². The molecule has 0 unspecified atom stereocenters. The maximum atomic E-state index is 12.7. The number of fused-ring (bicyclic) bond motifs is 1. The number of benzene rings is 1. The standard InChI is InChI=1S/C22H23N5O2/c1-2-3-13-27-21(10-11-23-27)25-22(28)17-7-6-8-19(14-17)29-16-18-15-26-12-5-4-9-20(26)24-18/h4-12,14-15H,2-3,13,16H2,1H3,(H,25,28). The number of nitrogens with one attached hydrogen (secondary N) is 1. The average molecular weight is 389 g/mol. The van der Waals surface area contributed by atoms with Gasteiger partial charge in [0.15, 0.2) is 0 Å². The van der Waals surface area contributed by atoms with E-state index in [0.29, 0.717) is 23.7 Å². The summed E-state index contributed by atoms with van der Waals surface area (Å²) in [7, 11) is 0. The molecule has 0 saturated heterocycles. The number of carbonyl (C=O) groups excluding carboxylic acids is 1. The summed E-state index contributed by atoms with van der Waals surface area (Å²) in [5.74, 6) is 1.12. The van der Waals surface area contributed by atoms with Crippen molar-refractivity contribution in [1.29, 1.82) is 0 Å². The van der Waals surface area contributed by atoms with Gasteiger partial charge in [-0.2, -0.15) is 5.10 Å². The number of rotatable bonds is 8. The van der Waals surface area contributed by atoms with Gasteiger partial charge in [0.1, 0.15) is 23.8 Å². The highest BCUT2D eigenvalue weighted by atomic mass is 16.5. The van der Waals surface area contributed by atoms with Crippen molar-refractivity contribution in [2.75, 3.05) is 5.32 Å². The van der Waals surface area contributed by atoms with Crippen molar-refractivity contribution >= 4 is 17.4 Å². The molecular formula is C22H23N5O2. The first kappa shape index (κ1) is 18.7. The summed E-state index contributed by atoms with van der Waals surface area (Å²) in [6.07, 6.45) is 7.65. The molecule has 0 aliphatic carbocycles. The van der Waals surface area contributed by atoms with Gasteiger partial charge in [0.2, 0.25) is 0 Å². The summed E-state index contributed by atoms with van der Waals surface area (Å²) in [6, 6.07) is 14.8. The third kappa shape index (κ3) is 4.45. The average Bonchev–Trinajstić information content (AvgIpc) is 3.37. The molecule has 1 N–H and O–H groups in total. The second-order valence-electron chi connectivity index (χ2n) is 6.76. The van der Waals surface area contributed by atoms with Crippen LogP contribution in [0, 0.1) is 0 Å². The maximum absolute atomic E-state index is 12.7. The number of hydrogen-bond donors (Lipinski definition) is 1. The van der Waals surface area contributed by atoms with Crippen LogP contribution in [0.2, 0.25) is 0 Å². The highest BCUT2D eigenvalue weighted by molar-refractivity contribution is 6.04. The van der Waals surface area contributed by atoms with Gasteiger partial charge in [-0.25, -0.2) is 9.67 Å². The van der Waals surface area contributed by atoms with E-state index in [1.165, 1.54) is 0 Å². The number of pyridine rings is 1. The van der Waals surface area contributed by atoms with Crippen molar-refractivity contribution in [1.82, 2.24) is 19.2 Å². The lowest BCUT2D eigenvalue weighted by molar-refractivity contribution is 0.102. The van der Waals surface area contributed by atoms with Crippen molar-refractivity contribution in [3.63, 3.8) is 0 Å². The van der Waals surface area contributed by atoms with E-state index < -0.39 is 0 Å². The fraction of sp³-hybridized carbons (Fsp3) is 0.227. The summed E-state index contributed by atoms with van der Waals surface area (Å²) in [5.41, 5.74) is 2.23. The molecule has 0 bridgehead atoms. The molecule has 3 aromatic heterocycles. The zero-order valence-corrected chi connectivity index (χ0v) is 16.3. The van der Waals surface area contributed by atoms with Gasteiger partial charge in [0, 0.05) is 30.6 Å². The van der Waals surface area contributed by atoms with E-state index >= 15 is 0 Å². The summed E-state index contributed by atoms with van der Waals surface area (Å²) in [4.78, 5) is 17.2. The molecular weight excluding hydrogens is 366 g/mol. The van der Waals surface area contributed by atoms with Crippen LogP contribution in [0.4, 0.5) is 5.82 Å². The molecule has 4 rings (SSSR count). The molecule has 0 fully saturated rings. The van der Waals surface area contributed by atoms with Crippen molar-refractivity contribution < 1.29 is 9.53 Å². The Balaban J connectivity index is 1.41. The van der Waals surface area contributed by atoms with Crippen molar-refractivity contribution in [2.24, 2.45) is 0 Å². The molecule has 4 aromatic rings. The Labute approximate surface area is 169 Å². The van der Waals surface area contributed by atoms with E-state index in [-0.39, 0.29) is 5.91 Å². The van der Waals surface area contributed by atoms with Crippen LogP contribution in [0.1, 0.15) is 35.8 Å². The van der Waals surface area contributed by atoms with Crippen LogP contribution in [0.25, 0.3) is 5.65 Å². The molecule has 3 heterocycles. The van der Waals surface area contributed by atoms with Gasteiger partial charge in [0.05, 0.1) is 11.9 Å².